The van der Waals surface area contributed by atoms with Gasteiger partial charge < -0.3 is 15.5 Å². The highest BCUT2D eigenvalue weighted by atomic mass is 19.1. The molecule has 28 heavy (non-hydrogen) atoms. The molecule has 1 aliphatic carbocycles. The van der Waals surface area contributed by atoms with Gasteiger partial charge in [-0.3, -0.25) is 9.48 Å². The van der Waals surface area contributed by atoms with Crippen molar-refractivity contribution in [2.75, 3.05) is 11.9 Å². The summed E-state index contributed by atoms with van der Waals surface area (Å²) in [7, 11) is 1.89. The lowest BCUT2D eigenvalue weighted by Gasteiger charge is -2.28. The second-order valence-electron chi connectivity index (χ2n) is 7.42. The van der Waals surface area contributed by atoms with Crippen LogP contribution in [0.1, 0.15) is 36.2 Å². The second kappa shape index (κ2) is 7.61. The number of amides is 3. The number of carbonyl (C=O) groups excluding carboxylic acids is 2. The fraction of sp³-hybridized carbons (Fsp3) is 0.450. The van der Waals surface area contributed by atoms with E-state index in [4.69, 9.17) is 0 Å². The number of aromatic nitrogens is 2. The summed E-state index contributed by atoms with van der Waals surface area (Å²) in [5, 5.41) is 10.2. The first-order valence-corrected chi connectivity index (χ1v) is 9.64. The van der Waals surface area contributed by atoms with Crippen LogP contribution in [0.25, 0.3) is 0 Å². The molecule has 1 aliphatic heterocycles. The molecule has 148 valence electrons. The number of aryl methyl sites for hydroxylation is 2. The van der Waals surface area contributed by atoms with Gasteiger partial charge in [0.25, 0.3) is 0 Å². The number of nitrogens with zero attached hydrogens (tertiary/aromatic N) is 3. The smallest absolute Gasteiger partial charge is 0.322 e. The van der Waals surface area contributed by atoms with Crippen LogP contribution in [-0.2, 0) is 31.2 Å². The number of para-hydroxylation sites is 1. The third kappa shape index (κ3) is 4.00. The Bertz CT molecular complexity index is 906. The van der Waals surface area contributed by atoms with Gasteiger partial charge in [-0.15, -0.1) is 0 Å². The summed E-state index contributed by atoms with van der Waals surface area (Å²) >= 11 is 0. The molecule has 7 nitrogen and oxygen atoms in total. The Morgan fingerprint density at radius 3 is 2.82 bits per heavy atom. The summed E-state index contributed by atoms with van der Waals surface area (Å²) in [4.78, 5) is 26.2. The molecule has 0 atom stereocenters. The molecule has 1 fully saturated rings. The molecular formula is C20H24FN5O2. The zero-order valence-corrected chi connectivity index (χ0v) is 15.9. The zero-order chi connectivity index (χ0) is 19.7. The number of anilines is 1. The fourth-order valence-corrected chi connectivity index (χ4v) is 3.56. The first-order chi connectivity index (χ1) is 13.5. The average molecular weight is 385 g/mol. The van der Waals surface area contributed by atoms with Crippen LogP contribution in [-0.4, -0.2) is 39.2 Å². The van der Waals surface area contributed by atoms with Gasteiger partial charge >= 0.3 is 6.03 Å². The van der Waals surface area contributed by atoms with Gasteiger partial charge in [-0.25, -0.2) is 9.18 Å². The van der Waals surface area contributed by atoms with Gasteiger partial charge in [0, 0.05) is 50.2 Å². The van der Waals surface area contributed by atoms with E-state index < -0.39 is 5.82 Å². The molecule has 0 radical (unpaired) electrons. The van der Waals surface area contributed by atoms with E-state index >= 15 is 0 Å². The quantitative estimate of drug-likeness (QED) is 0.829. The Morgan fingerprint density at radius 2 is 2.07 bits per heavy atom. The Hall–Kier alpha value is -2.90. The number of nitrogens with one attached hydrogen (secondary N) is 2. The standard InChI is InChI=1S/C20H24FN5O2/c1-25-18-10-11-26(20(28)23-17-5-3-2-4-15(17)21)12-14(18)16(24-25)8-9-19(27)22-13-6-7-13/h2-5,13H,6-12H2,1H3,(H,22,27)(H,23,28). The molecule has 3 amide bonds. The zero-order valence-electron chi connectivity index (χ0n) is 15.9. The molecule has 0 saturated heterocycles. The molecule has 2 aromatic rings. The van der Waals surface area contributed by atoms with Crippen LogP contribution in [0.3, 0.4) is 0 Å². The van der Waals surface area contributed by atoms with Crippen molar-refractivity contribution in [3.63, 3.8) is 0 Å². The number of benzene rings is 1. The number of hydrogen-bond acceptors (Lipinski definition) is 3. The van der Waals surface area contributed by atoms with Crippen molar-refractivity contribution in [1.29, 1.82) is 0 Å². The minimum absolute atomic E-state index is 0.0480. The van der Waals surface area contributed by atoms with Crippen LogP contribution in [0.4, 0.5) is 14.9 Å². The lowest BCUT2D eigenvalue weighted by Crippen LogP contribution is -2.39. The van der Waals surface area contributed by atoms with Crippen LogP contribution in [0.5, 0.6) is 0 Å². The van der Waals surface area contributed by atoms with E-state index in [-0.39, 0.29) is 17.6 Å². The summed E-state index contributed by atoms with van der Waals surface area (Å²) in [6, 6.07) is 6.13. The molecule has 1 aromatic heterocycles. The predicted octanol–water partition coefficient (Wildman–Crippen LogP) is 2.36. The summed E-state index contributed by atoms with van der Waals surface area (Å²) < 4.78 is 15.7. The number of halogens is 1. The molecule has 1 saturated carbocycles. The summed E-state index contributed by atoms with van der Waals surface area (Å²) in [5.74, 6) is -0.413. The largest absolute Gasteiger partial charge is 0.353 e. The maximum absolute atomic E-state index is 13.8. The van der Waals surface area contributed by atoms with Crippen molar-refractivity contribution in [2.24, 2.45) is 7.05 Å². The van der Waals surface area contributed by atoms with Crippen LogP contribution in [0, 0.1) is 5.82 Å². The maximum Gasteiger partial charge on any atom is 0.322 e. The molecule has 0 bridgehead atoms. The molecule has 8 heteroatoms. The van der Waals surface area contributed by atoms with Crippen molar-refractivity contribution in [3.05, 3.63) is 47.0 Å². The van der Waals surface area contributed by atoms with Gasteiger partial charge in [0.05, 0.1) is 17.9 Å². The van der Waals surface area contributed by atoms with Crippen molar-refractivity contribution in [3.8, 4) is 0 Å². The SMILES string of the molecule is Cn1nc(CCC(=O)NC2CC2)c2c1CCN(C(=O)Nc1ccccc1F)C2. The highest BCUT2D eigenvalue weighted by Gasteiger charge is 2.28. The van der Waals surface area contributed by atoms with Gasteiger partial charge in [0.15, 0.2) is 0 Å². The van der Waals surface area contributed by atoms with Crippen LogP contribution in [0.15, 0.2) is 24.3 Å². The highest BCUT2D eigenvalue weighted by Crippen LogP contribution is 2.24. The normalized spacial score (nSPS) is 15.9. The molecule has 1 aromatic carbocycles. The molecule has 0 unspecified atom stereocenters. The van der Waals surface area contributed by atoms with E-state index in [2.05, 4.69) is 15.7 Å². The number of carbonyl (C=O) groups is 2. The topological polar surface area (TPSA) is 79.3 Å². The first-order valence-electron chi connectivity index (χ1n) is 9.64. The summed E-state index contributed by atoms with van der Waals surface area (Å²) in [5.41, 5.74) is 3.11. The van der Waals surface area contributed by atoms with Crippen LogP contribution >= 0.6 is 0 Å². The molecule has 2 aliphatic rings. The number of rotatable bonds is 5. The number of urea groups is 1. The molecule has 2 heterocycles. The molecule has 2 N–H and O–H groups in total. The summed E-state index contributed by atoms with van der Waals surface area (Å²) in [6.45, 7) is 0.942. The van der Waals surface area contributed by atoms with E-state index in [9.17, 15) is 14.0 Å². The van der Waals surface area contributed by atoms with Crippen molar-refractivity contribution in [2.45, 2.75) is 44.7 Å². The molecule has 0 spiro atoms. The Labute approximate surface area is 162 Å². The maximum atomic E-state index is 13.8. The van der Waals surface area contributed by atoms with E-state index in [1.54, 1.807) is 17.0 Å². The number of hydrogen-bond donors (Lipinski definition) is 2. The predicted molar refractivity (Wildman–Crippen MR) is 102 cm³/mol. The molecular weight excluding hydrogens is 361 g/mol. The minimum Gasteiger partial charge on any atom is -0.353 e. The van der Waals surface area contributed by atoms with E-state index in [0.29, 0.717) is 38.4 Å². The monoisotopic (exact) mass is 385 g/mol. The van der Waals surface area contributed by atoms with E-state index in [1.165, 1.54) is 12.1 Å². The number of fused-ring (bicyclic) bond motifs is 1. The van der Waals surface area contributed by atoms with Crippen LogP contribution < -0.4 is 10.6 Å². The van der Waals surface area contributed by atoms with Crippen molar-refractivity contribution in [1.82, 2.24) is 20.0 Å². The summed E-state index contributed by atoms with van der Waals surface area (Å²) in [6.07, 6.45) is 3.75. The van der Waals surface area contributed by atoms with Gasteiger partial charge in [-0.1, -0.05) is 12.1 Å². The third-order valence-corrected chi connectivity index (χ3v) is 5.26. The first kappa shape index (κ1) is 18.5. The van der Waals surface area contributed by atoms with Gasteiger partial charge in [-0.2, -0.15) is 5.10 Å². The Morgan fingerprint density at radius 1 is 1.29 bits per heavy atom. The Balaban J connectivity index is 1.42. The minimum atomic E-state index is -0.461. The van der Waals surface area contributed by atoms with E-state index in [1.807, 2.05) is 11.7 Å². The lowest BCUT2D eigenvalue weighted by molar-refractivity contribution is -0.121. The fourth-order valence-electron chi connectivity index (χ4n) is 3.56. The third-order valence-electron chi connectivity index (χ3n) is 5.26. The second-order valence-corrected chi connectivity index (χ2v) is 7.42. The van der Waals surface area contributed by atoms with Crippen LogP contribution in [0.2, 0.25) is 0 Å². The van der Waals surface area contributed by atoms with Gasteiger partial charge in [0.1, 0.15) is 5.82 Å². The Kier molecular flexibility index (Phi) is 5.02. The van der Waals surface area contributed by atoms with Crippen molar-refractivity contribution < 1.29 is 14.0 Å². The van der Waals surface area contributed by atoms with Crippen molar-refractivity contribution >= 4 is 17.6 Å². The highest BCUT2D eigenvalue weighted by molar-refractivity contribution is 5.89. The average Bonchev–Trinajstić information content (AvgIpc) is 3.44. The van der Waals surface area contributed by atoms with Gasteiger partial charge in [0.2, 0.25) is 5.91 Å². The van der Waals surface area contributed by atoms with Gasteiger partial charge in [-0.05, 0) is 25.0 Å². The van der Waals surface area contributed by atoms with E-state index in [0.717, 1.165) is 29.8 Å². The molecule has 4 rings (SSSR count). The lowest BCUT2D eigenvalue weighted by atomic mass is 10.0.